The van der Waals surface area contributed by atoms with Crippen LogP contribution in [0.15, 0.2) is 30.5 Å². The molecule has 1 saturated heterocycles. The lowest BCUT2D eigenvalue weighted by molar-refractivity contribution is 0.0734. The van der Waals surface area contributed by atoms with E-state index >= 15 is 0 Å². The number of hydrogen-bond acceptors (Lipinski definition) is 4. The number of piperidine rings is 1. The fraction of sp³-hybridized carbons (Fsp3) is 0.526. The zero-order chi connectivity index (χ0) is 18.4. The van der Waals surface area contributed by atoms with E-state index in [-0.39, 0.29) is 5.91 Å². The molecule has 3 rings (SSSR count). The van der Waals surface area contributed by atoms with Crippen molar-refractivity contribution in [2.45, 2.75) is 45.2 Å². The number of hydrogen-bond donors (Lipinski definition) is 1. The van der Waals surface area contributed by atoms with Gasteiger partial charge in [-0.3, -0.25) is 4.79 Å². The van der Waals surface area contributed by atoms with Gasteiger partial charge in [0.05, 0.1) is 12.2 Å². The second-order valence-electron chi connectivity index (χ2n) is 6.74. The summed E-state index contributed by atoms with van der Waals surface area (Å²) in [6.07, 6.45) is 5.78. The number of benzene rings is 1. The molecule has 1 fully saturated rings. The second-order valence-corrected chi connectivity index (χ2v) is 7.14. The summed E-state index contributed by atoms with van der Waals surface area (Å²) in [6, 6.07) is 7.97. The van der Waals surface area contributed by atoms with Crippen molar-refractivity contribution in [3.63, 3.8) is 0 Å². The molecular weight excluding hydrogens is 350 g/mol. The molecule has 2 aromatic rings. The maximum atomic E-state index is 13.0. The number of carbonyl (C=O) groups excluding carboxylic acids is 1. The summed E-state index contributed by atoms with van der Waals surface area (Å²) in [5.74, 6) is -0.0847. The lowest BCUT2D eigenvalue weighted by Gasteiger charge is -2.23. The first-order valence-corrected chi connectivity index (χ1v) is 9.72. The highest BCUT2D eigenvalue weighted by atomic mass is 35.5. The van der Waals surface area contributed by atoms with Crippen molar-refractivity contribution in [1.82, 2.24) is 25.2 Å². The number of unbranched alkanes of at least 4 members (excludes halogenated alkanes) is 1. The molecule has 0 saturated carbocycles. The monoisotopic (exact) mass is 375 g/mol. The summed E-state index contributed by atoms with van der Waals surface area (Å²) >= 11 is 6.28. The maximum absolute atomic E-state index is 13.0. The van der Waals surface area contributed by atoms with Gasteiger partial charge >= 0.3 is 0 Å². The summed E-state index contributed by atoms with van der Waals surface area (Å²) in [7, 11) is 0. The molecule has 1 aromatic carbocycles. The van der Waals surface area contributed by atoms with Crippen LogP contribution in [0.5, 0.6) is 0 Å². The minimum absolute atomic E-state index is 0.0847. The van der Waals surface area contributed by atoms with Crippen LogP contribution in [-0.2, 0) is 6.54 Å². The number of nitrogens with zero attached hydrogens (tertiary/aromatic N) is 4. The van der Waals surface area contributed by atoms with E-state index in [1.807, 2.05) is 33.8 Å². The molecule has 0 bridgehead atoms. The Morgan fingerprint density at radius 2 is 2.12 bits per heavy atom. The maximum Gasteiger partial charge on any atom is 0.276 e. The standard InChI is InChI=1S/C19H26ClN5O/c1-2-3-12-24(13-15-6-4-5-7-17(15)20)19(26)18-14-25(23-22-18)16-8-10-21-11-9-16/h4-7,14,16,21H,2-3,8-13H2,1H3. The van der Waals surface area contributed by atoms with E-state index in [2.05, 4.69) is 22.6 Å². The predicted molar refractivity (Wildman–Crippen MR) is 102 cm³/mol. The smallest absolute Gasteiger partial charge is 0.276 e. The van der Waals surface area contributed by atoms with E-state index in [4.69, 9.17) is 11.6 Å². The normalized spacial score (nSPS) is 15.2. The average Bonchev–Trinajstić information content (AvgIpc) is 3.17. The van der Waals surface area contributed by atoms with Crippen LogP contribution < -0.4 is 5.32 Å². The highest BCUT2D eigenvalue weighted by Crippen LogP contribution is 2.20. The molecule has 1 amide bonds. The van der Waals surface area contributed by atoms with Crippen LogP contribution in [0.2, 0.25) is 5.02 Å². The molecule has 0 aliphatic carbocycles. The van der Waals surface area contributed by atoms with E-state index in [9.17, 15) is 4.79 Å². The third-order valence-electron chi connectivity index (χ3n) is 4.80. The lowest BCUT2D eigenvalue weighted by atomic mass is 10.1. The Hall–Kier alpha value is -1.92. The Kier molecular flexibility index (Phi) is 6.63. The van der Waals surface area contributed by atoms with E-state index < -0.39 is 0 Å². The molecule has 6 nitrogen and oxygen atoms in total. The topological polar surface area (TPSA) is 63.1 Å². The van der Waals surface area contributed by atoms with Crippen LogP contribution in [-0.4, -0.2) is 45.4 Å². The first-order valence-electron chi connectivity index (χ1n) is 9.34. The van der Waals surface area contributed by atoms with E-state index in [0.29, 0.717) is 29.8 Å². The Morgan fingerprint density at radius 1 is 1.35 bits per heavy atom. The Morgan fingerprint density at radius 3 is 2.85 bits per heavy atom. The van der Waals surface area contributed by atoms with Gasteiger partial charge in [0.15, 0.2) is 5.69 Å². The largest absolute Gasteiger partial charge is 0.333 e. The number of nitrogens with one attached hydrogen (secondary N) is 1. The van der Waals surface area contributed by atoms with Gasteiger partial charge in [0.2, 0.25) is 0 Å². The molecule has 1 aromatic heterocycles. The molecule has 2 heterocycles. The zero-order valence-electron chi connectivity index (χ0n) is 15.2. The van der Waals surface area contributed by atoms with Crippen LogP contribution in [0, 0.1) is 0 Å². The molecule has 1 aliphatic rings. The van der Waals surface area contributed by atoms with E-state index in [1.165, 1.54) is 0 Å². The van der Waals surface area contributed by atoms with Gasteiger partial charge in [0, 0.05) is 18.1 Å². The van der Waals surface area contributed by atoms with Gasteiger partial charge < -0.3 is 10.2 Å². The number of rotatable bonds is 7. The number of carbonyl (C=O) groups is 1. The van der Waals surface area contributed by atoms with Crippen LogP contribution >= 0.6 is 11.6 Å². The fourth-order valence-corrected chi connectivity index (χ4v) is 3.42. The van der Waals surface area contributed by atoms with Gasteiger partial charge in [-0.05, 0) is 44.0 Å². The first kappa shape index (κ1) is 18.9. The molecule has 26 heavy (non-hydrogen) atoms. The minimum Gasteiger partial charge on any atom is -0.333 e. The van der Waals surface area contributed by atoms with Crippen LogP contribution in [0.25, 0.3) is 0 Å². The first-order chi connectivity index (χ1) is 12.7. The van der Waals surface area contributed by atoms with Crippen LogP contribution in [0.1, 0.15) is 54.7 Å². The molecule has 1 N–H and O–H groups in total. The summed E-state index contributed by atoms with van der Waals surface area (Å²) in [4.78, 5) is 14.8. The van der Waals surface area contributed by atoms with Crippen molar-refractivity contribution in [2.24, 2.45) is 0 Å². The van der Waals surface area contributed by atoms with Gasteiger partial charge in [0.25, 0.3) is 5.91 Å². The predicted octanol–water partition coefficient (Wildman–Crippen LogP) is 3.30. The number of halogens is 1. The van der Waals surface area contributed by atoms with Crippen molar-refractivity contribution < 1.29 is 4.79 Å². The zero-order valence-corrected chi connectivity index (χ0v) is 16.0. The lowest BCUT2D eigenvalue weighted by Crippen LogP contribution is -2.32. The van der Waals surface area contributed by atoms with Crippen molar-refractivity contribution in [2.75, 3.05) is 19.6 Å². The van der Waals surface area contributed by atoms with Crippen molar-refractivity contribution in [1.29, 1.82) is 0 Å². The Labute approximate surface area is 159 Å². The van der Waals surface area contributed by atoms with Crippen LogP contribution in [0.3, 0.4) is 0 Å². The molecule has 0 radical (unpaired) electrons. The van der Waals surface area contributed by atoms with Crippen molar-refractivity contribution >= 4 is 17.5 Å². The quantitative estimate of drug-likeness (QED) is 0.806. The van der Waals surface area contributed by atoms with E-state index in [1.54, 1.807) is 6.20 Å². The highest BCUT2D eigenvalue weighted by Gasteiger charge is 2.22. The fourth-order valence-electron chi connectivity index (χ4n) is 3.22. The Bertz CT molecular complexity index is 726. The second kappa shape index (κ2) is 9.14. The summed E-state index contributed by atoms with van der Waals surface area (Å²) in [6.45, 7) is 5.23. The van der Waals surface area contributed by atoms with Gasteiger partial charge in [-0.1, -0.05) is 48.4 Å². The van der Waals surface area contributed by atoms with Gasteiger partial charge in [0.1, 0.15) is 0 Å². The van der Waals surface area contributed by atoms with Gasteiger partial charge in [-0.15, -0.1) is 5.10 Å². The highest BCUT2D eigenvalue weighted by molar-refractivity contribution is 6.31. The third kappa shape index (κ3) is 4.62. The van der Waals surface area contributed by atoms with Crippen molar-refractivity contribution in [3.05, 3.63) is 46.7 Å². The number of amides is 1. The van der Waals surface area contributed by atoms with Gasteiger partial charge in [-0.25, -0.2) is 4.68 Å². The van der Waals surface area contributed by atoms with Crippen LogP contribution in [0.4, 0.5) is 0 Å². The molecule has 0 unspecified atom stereocenters. The SMILES string of the molecule is CCCCN(Cc1ccccc1Cl)C(=O)c1cn(C2CCNCC2)nn1. The van der Waals surface area contributed by atoms with Crippen molar-refractivity contribution in [3.8, 4) is 0 Å². The molecular formula is C19H26ClN5O. The number of aromatic nitrogens is 3. The molecule has 140 valence electrons. The minimum atomic E-state index is -0.0847. The summed E-state index contributed by atoms with van der Waals surface area (Å²) in [5, 5.41) is 12.4. The molecule has 0 atom stereocenters. The van der Waals surface area contributed by atoms with E-state index in [0.717, 1.165) is 44.3 Å². The third-order valence-corrected chi connectivity index (χ3v) is 5.17. The van der Waals surface area contributed by atoms with Gasteiger partial charge in [-0.2, -0.15) is 0 Å². The molecule has 7 heteroatoms. The Balaban J connectivity index is 1.74. The average molecular weight is 376 g/mol. The summed E-state index contributed by atoms with van der Waals surface area (Å²) < 4.78 is 1.85. The summed E-state index contributed by atoms with van der Waals surface area (Å²) in [5.41, 5.74) is 1.36. The molecule has 0 spiro atoms. The molecule has 1 aliphatic heterocycles.